The minimum absolute atomic E-state index is 0.492. The lowest BCUT2D eigenvalue weighted by Gasteiger charge is -1.99. The second kappa shape index (κ2) is 4.04. The Bertz CT molecular complexity index is 481. The predicted octanol–water partition coefficient (Wildman–Crippen LogP) is 1.04. The number of hydrogen-bond donors (Lipinski definition) is 1. The van der Waals surface area contributed by atoms with E-state index in [0.717, 1.165) is 14.4 Å². The highest BCUT2D eigenvalue weighted by atomic mass is 32.1. The zero-order valence-corrected chi connectivity index (χ0v) is 9.21. The van der Waals surface area contributed by atoms with Crippen molar-refractivity contribution in [2.24, 2.45) is 5.73 Å². The maximum absolute atomic E-state index is 11.8. The van der Waals surface area contributed by atoms with Crippen LogP contribution in [-0.4, -0.2) is 13.7 Å². The molecule has 2 aromatic rings. The first-order valence-electron chi connectivity index (χ1n) is 4.65. The quantitative estimate of drug-likeness (QED) is 0.626. The predicted molar refractivity (Wildman–Crippen MR) is 60.1 cm³/mol. The van der Waals surface area contributed by atoms with E-state index < -0.39 is 0 Å². The lowest BCUT2D eigenvalue weighted by atomic mass is 10.3. The second-order valence-corrected chi connectivity index (χ2v) is 4.28. The summed E-state index contributed by atoms with van der Waals surface area (Å²) in [4.78, 5) is 0. The summed E-state index contributed by atoms with van der Waals surface area (Å²) in [5, 5.41) is 12.6. The SMILES string of the molecule is COc1ccc2sc(CCN)[n+]([O-])c2c1. The van der Waals surface area contributed by atoms with E-state index in [9.17, 15) is 5.21 Å². The summed E-state index contributed by atoms with van der Waals surface area (Å²) in [5.41, 5.74) is 6.09. The molecule has 1 aromatic heterocycles. The Hall–Kier alpha value is -1.33. The Kier molecular flexibility index (Phi) is 2.75. The van der Waals surface area contributed by atoms with Gasteiger partial charge in [-0.3, -0.25) is 0 Å². The standard InChI is InChI=1S/C10H12N2O2S/c1-14-7-2-3-9-8(6-7)12(13)10(15-9)4-5-11/h2-3,6H,4-5,11H2,1H3. The van der Waals surface area contributed by atoms with Gasteiger partial charge in [0.2, 0.25) is 5.52 Å². The third-order valence-electron chi connectivity index (χ3n) is 2.20. The lowest BCUT2D eigenvalue weighted by Crippen LogP contribution is -2.30. The molecule has 2 rings (SSSR count). The van der Waals surface area contributed by atoms with Crippen LogP contribution in [-0.2, 0) is 6.42 Å². The van der Waals surface area contributed by atoms with Crippen LogP contribution in [0.3, 0.4) is 0 Å². The van der Waals surface area contributed by atoms with Crippen molar-refractivity contribution in [2.45, 2.75) is 6.42 Å². The van der Waals surface area contributed by atoms with E-state index in [0.29, 0.717) is 24.2 Å². The molecule has 0 aliphatic rings. The molecule has 0 atom stereocenters. The number of methoxy groups -OCH3 is 1. The van der Waals surface area contributed by atoms with Crippen LogP contribution < -0.4 is 15.2 Å². The highest BCUT2D eigenvalue weighted by Crippen LogP contribution is 2.24. The number of thiazole rings is 1. The molecule has 0 aliphatic carbocycles. The first-order chi connectivity index (χ1) is 7.26. The fourth-order valence-electron chi connectivity index (χ4n) is 1.45. The van der Waals surface area contributed by atoms with Gasteiger partial charge in [0.15, 0.2) is 0 Å². The van der Waals surface area contributed by atoms with Crippen LogP contribution in [0.4, 0.5) is 0 Å². The normalized spacial score (nSPS) is 10.8. The van der Waals surface area contributed by atoms with Gasteiger partial charge in [-0.15, -0.1) is 0 Å². The Morgan fingerprint density at radius 2 is 2.33 bits per heavy atom. The highest BCUT2D eigenvalue weighted by molar-refractivity contribution is 7.18. The topological polar surface area (TPSA) is 62.2 Å². The molecule has 1 aromatic carbocycles. The summed E-state index contributed by atoms with van der Waals surface area (Å²) in [6, 6.07) is 5.50. The first-order valence-corrected chi connectivity index (χ1v) is 5.47. The van der Waals surface area contributed by atoms with Crippen molar-refractivity contribution < 1.29 is 9.47 Å². The second-order valence-electron chi connectivity index (χ2n) is 3.16. The molecule has 0 radical (unpaired) electrons. The third-order valence-corrected chi connectivity index (χ3v) is 3.37. The van der Waals surface area contributed by atoms with Crippen LogP contribution >= 0.6 is 11.3 Å². The zero-order chi connectivity index (χ0) is 10.8. The molecule has 1 heterocycles. The molecule has 5 heteroatoms. The van der Waals surface area contributed by atoms with Crippen molar-refractivity contribution >= 4 is 21.6 Å². The van der Waals surface area contributed by atoms with Crippen molar-refractivity contribution in [3.05, 3.63) is 28.4 Å². The molecule has 80 valence electrons. The van der Waals surface area contributed by atoms with Gasteiger partial charge in [-0.05, 0) is 12.1 Å². The number of aromatic nitrogens is 1. The number of nitrogens with zero attached hydrogens (tertiary/aromatic N) is 1. The van der Waals surface area contributed by atoms with Gasteiger partial charge >= 0.3 is 0 Å². The molecule has 0 unspecified atom stereocenters. The van der Waals surface area contributed by atoms with Crippen molar-refractivity contribution in [1.29, 1.82) is 0 Å². The Morgan fingerprint density at radius 3 is 3.00 bits per heavy atom. The molecule has 15 heavy (non-hydrogen) atoms. The van der Waals surface area contributed by atoms with Crippen LogP contribution in [0.5, 0.6) is 5.75 Å². The Labute approximate surface area is 91.5 Å². The van der Waals surface area contributed by atoms with E-state index in [1.807, 2.05) is 12.1 Å². The molecule has 0 bridgehead atoms. The number of nitrogens with two attached hydrogens (primary N) is 1. The Morgan fingerprint density at radius 1 is 1.53 bits per heavy atom. The van der Waals surface area contributed by atoms with Crippen LogP contribution in [0, 0.1) is 5.21 Å². The fraction of sp³-hybridized carbons (Fsp3) is 0.300. The monoisotopic (exact) mass is 224 g/mol. The van der Waals surface area contributed by atoms with E-state index >= 15 is 0 Å². The van der Waals surface area contributed by atoms with Gasteiger partial charge in [0, 0.05) is 6.54 Å². The fourth-order valence-corrected chi connectivity index (χ4v) is 2.49. The lowest BCUT2D eigenvalue weighted by molar-refractivity contribution is -0.580. The van der Waals surface area contributed by atoms with E-state index in [-0.39, 0.29) is 0 Å². The van der Waals surface area contributed by atoms with Crippen molar-refractivity contribution in [3.8, 4) is 5.75 Å². The van der Waals surface area contributed by atoms with E-state index in [1.54, 1.807) is 13.2 Å². The zero-order valence-electron chi connectivity index (χ0n) is 8.40. The number of benzene rings is 1. The van der Waals surface area contributed by atoms with Crippen LogP contribution in [0.2, 0.25) is 0 Å². The molecule has 2 N–H and O–H groups in total. The van der Waals surface area contributed by atoms with Gasteiger partial charge in [-0.1, -0.05) is 11.3 Å². The van der Waals surface area contributed by atoms with Gasteiger partial charge in [0.05, 0.1) is 19.6 Å². The average Bonchev–Trinajstić information content (AvgIpc) is 2.56. The summed E-state index contributed by atoms with van der Waals surface area (Å²) in [5.74, 6) is 0.698. The van der Waals surface area contributed by atoms with Crippen LogP contribution in [0.1, 0.15) is 5.01 Å². The molecule has 0 saturated heterocycles. The summed E-state index contributed by atoms with van der Waals surface area (Å²) in [6.45, 7) is 0.492. The van der Waals surface area contributed by atoms with E-state index in [2.05, 4.69) is 0 Å². The Balaban J connectivity index is 2.56. The van der Waals surface area contributed by atoms with Crippen LogP contribution in [0.15, 0.2) is 18.2 Å². The maximum Gasteiger partial charge on any atom is 0.250 e. The first kappa shape index (κ1) is 10.2. The number of fused-ring (bicyclic) bond motifs is 1. The van der Waals surface area contributed by atoms with Crippen molar-refractivity contribution in [3.63, 3.8) is 0 Å². The van der Waals surface area contributed by atoms with Crippen LogP contribution in [0.25, 0.3) is 10.2 Å². The van der Waals surface area contributed by atoms with E-state index in [4.69, 9.17) is 10.5 Å². The summed E-state index contributed by atoms with van der Waals surface area (Å²) in [7, 11) is 1.59. The summed E-state index contributed by atoms with van der Waals surface area (Å²) in [6.07, 6.45) is 0.616. The van der Waals surface area contributed by atoms with Crippen molar-refractivity contribution in [1.82, 2.24) is 0 Å². The third kappa shape index (κ3) is 1.75. The number of hydrogen-bond acceptors (Lipinski definition) is 4. The maximum atomic E-state index is 11.8. The average molecular weight is 224 g/mol. The number of ether oxygens (including phenoxy) is 1. The molecule has 0 saturated carbocycles. The summed E-state index contributed by atoms with van der Waals surface area (Å²) >= 11 is 1.48. The van der Waals surface area contributed by atoms with Gasteiger partial charge in [0.1, 0.15) is 10.4 Å². The molecule has 4 nitrogen and oxygen atoms in total. The minimum atomic E-state index is 0.492. The van der Waals surface area contributed by atoms with Gasteiger partial charge in [0.25, 0.3) is 5.01 Å². The van der Waals surface area contributed by atoms with Crippen molar-refractivity contribution in [2.75, 3.05) is 13.7 Å². The van der Waals surface area contributed by atoms with E-state index in [1.165, 1.54) is 11.3 Å². The smallest absolute Gasteiger partial charge is 0.250 e. The largest absolute Gasteiger partial charge is 0.617 e. The molecule has 0 fully saturated rings. The highest BCUT2D eigenvalue weighted by Gasteiger charge is 2.15. The minimum Gasteiger partial charge on any atom is -0.617 e. The number of rotatable bonds is 3. The van der Waals surface area contributed by atoms with Gasteiger partial charge in [-0.2, -0.15) is 4.73 Å². The molecule has 0 amide bonds. The molecular formula is C10H12N2O2S. The van der Waals surface area contributed by atoms with Gasteiger partial charge < -0.3 is 15.7 Å². The summed E-state index contributed by atoms with van der Waals surface area (Å²) < 4.78 is 6.98. The molecule has 0 aliphatic heterocycles. The van der Waals surface area contributed by atoms with Gasteiger partial charge in [-0.25, -0.2) is 0 Å². The molecule has 0 spiro atoms. The molecular weight excluding hydrogens is 212 g/mol.